The van der Waals surface area contributed by atoms with Gasteiger partial charge in [0.25, 0.3) is 5.91 Å². The van der Waals surface area contributed by atoms with Crippen molar-refractivity contribution in [2.45, 2.75) is 0 Å². The van der Waals surface area contributed by atoms with E-state index in [9.17, 15) is 9.59 Å². The number of anilines is 1. The molecule has 0 aromatic heterocycles. The molecule has 2 aromatic rings. The molecule has 8 heteroatoms. The predicted molar refractivity (Wildman–Crippen MR) is 109 cm³/mol. The van der Waals surface area contributed by atoms with E-state index in [-0.39, 0.29) is 18.4 Å². The fourth-order valence-electron chi connectivity index (χ4n) is 2.26. The molecule has 2 aromatic carbocycles. The van der Waals surface area contributed by atoms with Crippen LogP contribution in [0.15, 0.2) is 36.4 Å². The number of carbonyl (C=O) groups is 2. The fraction of sp³-hybridized carbons (Fsp3) is 0.222. The minimum Gasteiger partial charge on any atom is -0.493 e. The number of ether oxygens (including phenoxy) is 2. The van der Waals surface area contributed by atoms with Crippen LogP contribution >= 0.6 is 34.2 Å². The van der Waals surface area contributed by atoms with Crippen LogP contribution in [0.2, 0.25) is 5.02 Å². The van der Waals surface area contributed by atoms with Crippen LogP contribution < -0.4 is 14.8 Å². The second-order valence-electron chi connectivity index (χ2n) is 5.38. The van der Waals surface area contributed by atoms with Gasteiger partial charge in [-0.3, -0.25) is 9.59 Å². The highest BCUT2D eigenvalue weighted by molar-refractivity contribution is 14.1. The second kappa shape index (κ2) is 9.09. The molecule has 0 aliphatic heterocycles. The molecule has 2 rings (SSSR count). The highest BCUT2D eigenvalue weighted by atomic mass is 127. The lowest BCUT2D eigenvalue weighted by atomic mass is 10.1. The molecule has 0 saturated heterocycles. The lowest BCUT2D eigenvalue weighted by Crippen LogP contribution is -2.35. The summed E-state index contributed by atoms with van der Waals surface area (Å²) in [4.78, 5) is 26.2. The van der Waals surface area contributed by atoms with Gasteiger partial charge in [0.2, 0.25) is 5.91 Å². The van der Waals surface area contributed by atoms with Gasteiger partial charge in [-0.15, -0.1) is 0 Å². The van der Waals surface area contributed by atoms with Crippen LogP contribution in [0.1, 0.15) is 10.4 Å². The molecule has 0 saturated carbocycles. The standard InChI is InChI=1S/C18H18ClIN2O4/c1-22(10-17(23)21-14-7-5-4-6-12(14)19)18(24)11-8-15(25-2)16(26-3)9-13(11)20/h4-9H,10H2,1-3H3,(H,21,23). The Labute approximate surface area is 170 Å². The van der Waals surface area contributed by atoms with E-state index in [1.807, 2.05) is 22.6 Å². The summed E-state index contributed by atoms with van der Waals surface area (Å²) in [5.41, 5.74) is 0.928. The van der Waals surface area contributed by atoms with Gasteiger partial charge < -0.3 is 19.7 Å². The van der Waals surface area contributed by atoms with Crippen LogP contribution in [-0.4, -0.2) is 44.5 Å². The SMILES string of the molecule is COc1cc(I)c(C(=O)N(C)CC(=O)Nc2ccccc2Cl)cc1OC. The second-order valence-corrected chi connectivity index (χ2v) is 6.95. The Bertz CT molecular complexity index is 829. The predicted octanol–water partition coefficient (Wildman–Crippen LogP) is 3.67. The maximum absolute atomic E-state index is 12.7. The number of nitrogens with zero attached hydrogens (tertiary/aromatic N) is 1. The van der Waals surface area contributed by atoms with Crippen LogP contribution in [0.4, 0.5) is 5.69 Å². The van der Waals surface area contributed by atoms with Gasteiger partial charge in [-0.2, -0.15) is 0 Å². The van der Waals surface area contributed by atoms with Crippen LogP contribution in [0, 0.1) is 3.57 Å². The van der Waals surface area contributed by atoms with Crippen molar-refractivity contribution in [2.75, 3.05) is 33.1 Å². The average Bonchev–Trinajstić information content (AvgIpc) is 2.62. The van der Waals surface area contributed by atoms with Crippen molar-refractivity contribution in [1.29, 1.82) is 0 Å². The first-order valence-corrected chi connectivity index (χ1v) is 9.04. The Kier molecular flexibility index (Phi) is 7.10. The number of nitrogens with one attached hydrogen (secondary N) is 1. The largest absolute Gasteiger partial charge is 0.493 e. The van der Waals surface area contributed by atoms with Gasteiger partial charge in [0, 0.05) is 10.6 Å². The summed E-state index contributed by atoms with van der Waals surface area (Å²) in [6.07, 6.45) is 0. The molecule has 26 heavy (non-hydrogen) atoms. The molecule has 0 aliphatic rings. The van der Waals surface area contributed by atoms with Crippen LogP contribution in [0.5, 0.6) is 11.5 Å². The first-order chi connectivity index (χ1) is 12.4. The van der Waals surface area contributed by atoms with Gasteiger partial charge in [0.15, 0.2) is 11.5 Å². The molecule has 0 unspecified atom stereocenters. The van der Waals surface area contributed by atoms with Crippen molar-refractivity contribution in [3.05, 3.63) is 50.6 Å². The monoisotopic (exact) mass is 488 g/mol. The van der Waals surface area contributed by atoms with E-state index in [1.54, 1.807) is 43.4 Å². The molecule has 0 heterocycles. The Hall–Kier alpha value is -2.00. The van der Waals surface area contributed by atoms with Gasteiger partial charge in [0.1, 0.15) is 0 Å². The number of rotatable bonds is 6. The van der Waals surface area contributed by atoms with Gasteiger partial charge >= 0.3 is 0 Å². The topological polar surface area (TPSA) is 67.9 Å². The molecule has 6 nitrogen and oxygen atoms in total. The minimum atomic E-state index is -0.343. The van der Waals surface area contributed by atoms with E-state index in [0.29, 0.717) is 31.3 Å². The number of hydrogen-bond donors (Lipinski definition) is 1. The molecule has 0 fully saturated rings. The zero-order valence-corrected chi connectivity index (χ0v) is 17.4. The Balaban J connectivity index is 2.12. The summed E-state index contributed by atoms with van der Waals surface area (Å²) in [6.45, 7) is -0.117. The number of amides is 2. The van der Waals surface area contributed by atoms with Gasteiger partial charge in [-0.25, -0.2) is 0 Å². The Morgan fingerprint density at radius 3 is 2.38 bits per heavy atom. The van der Waals surface area contributed by atoms with Crippen molar-refractivity contribution in [3.8, 4) is 11.5 Å². The summed E-state index contributed by atoms with van der Waals surface area (Å²) < 4.78 is 11.2. The number of benzene rings is 2. The molecule has 0 bridgehead atoms. The van der Waals surface area contributed by atoms with E-state index >= 15 is 0 Å². The lowest BCUT2D eigenvalue weighted by Gasteiger charge is -2.19. The third-order valence-electron chi connectivity index (χ3n) is 3.58. The van der Waals surface area contributed by atoms with E-state index in [4.69, 9.17) is 21.1 Å². The lowest BCUT2D eigenvalue weighted by molar-refractivity contribution is -0.116. The molecule has 0 aliphatic carbocycles. The number of hydrogen-bond acceptors (Lipinski definition) is 4. The first kappa shape index (κ1) is 20.3. The number of para-hydroxylation sites is 1. The summed E-state index contributed by atoms with van der Waals surface area (Å²) in [5.74, 6) is 0.340. The van der Waals surface area contributed by atoms with Crippen molar-refractivity contribution in [2.24, 2.45) is 0 Å². The minimum absolute atomic E-state index is 0.117. The highest BCUT2D eigenvalue weighted by Gasteiger charge is 2.20. The number of likely N-dealkylation sites (N-methyl/N-ethyl adjacent to an activating group) is 1. The van der Waals surface area contributed by atoms with E-state index in [2.05, 4.69) is 5.32 Å². The van der Waals surface area contributed by atoms with Crippen LogP contribution in [0.3, 0.4) is 0 Å². The molecule has 138 valence electrons. The highest BCUT2D eigenvalue weighted by Crippen LogP contribution is 2.31. The van der Waals surface area contributed by atoms with Gasteiger partial charge in [0.05, 0.1) is 37.0 Å². The number of carbonyl (C=O) groups excluding carboxylic acids is 2. The third kappa shape index (κ3) is 4.79. The van der Waals surface area contributed by atoms with Gasteiger partial charge in [-0.1, -0.05) is 23.7 Å². The Morgan fingerprint density at radius 2 is 1.77 bits per heavy atom. The number of methoxy groups -OCH3 is 2. The maximum Gasteiger partial charge on any atom is 0.255 e. The van der Waals surface area contributed by atoms with Gasteiger partial charge in [-0.05, 0) is 46.9 Å². The normalized spacial score (nSPS) is 10.2. The molecule has 0 spiro atoms. The summed E-state index contributed by atoms with van der Waals surface area (Å²) in [7, 11) is 4.58. The molecule has 0 atom stereocenters. The zero-order chi connectivity index (χ0) is 19.3. The van der Waals surface area contributed by atoms with Crippen LogP contribution in [-0.2, 0) is 4.79 Å². The molecule has 1 N–H and O–H groups in total. The van der Waals surface area contributed by atoms with Crippen molar-refractivity contribution < 1.29 is 19.1 Å². The van der Waals surface area contributed by atoms with E-state index in [1.165, 1.54) is 19.1 Å². The van der Waals surface area contributed by atoms with Crippen molar-refractivity contribution in [3.63, 3.8) is 0 Å². The summed E-state index contributed by atoms with van der Waals surface area (Å²) in [5, 5.41) is 3.13. The molecular weight excluding hydrogens is 471 g/mol. The first-order valence-electron chi connectivity index (χ1n) is 7.58. The smallest absolute Gasteiger partial charge is 0.255 e. The molecule has 0 radical (unpaired) electrons. The summed E-state index contributed by atoms with van der Waals surface area (Å²) in [6, 6.07) is 10.2. The molecule has 2 amide bonds. The van der Waals surface area contributed by atoms with E-state index in [0.717, 1.165) is 0 Å². The Morgan fingerprint density at radius 1 is 1.15 bits per heavy atom. The average molecular weight is 489 g/mol. The van der Waals surface area contributed by atoms with Crippen molar-refractivity contribution in [1.82, 2.24) is 4.90 Å². The summed E-state index contributed by atoms with van der Waals surface area (Å²) >= 11 is 8.07. The fourth-order valence-corrected chi connectivity index (χ4v) is 3.12. The molecular formula is C18H18ClIN2O4. The zero-order valence-electron chi connectivity index (χ0n) is 14.5. The third-order valence-corrected chi connectivity index (χ3v) is 4.80. The maximum atomic E-state index is 12.7. The van der Waals surface area contributed by atoms with Crippen LogP contribution in [0.25, 0.3) is 0 Å². The van der Waals surface area contributed by atoms with E-state index < -0.39 is 0 Å². The quantitative estimate of drug-likeness (QED) is 0.630. The number of halogens is 2. The van der Waals surface area contributed by atoms with Crippen molar-refractivity contribution >= 4 is 51.7 Å².